The number of carbonyl (C=O) groups is 2. The van der Waals surface area contributed by atoms with Gasteiger partial charge in [-0.15, -0.1) is 0 Å². The molecule has 134 valence electrons. The largest absolute Gasteiger partial charge is 0.382 e. The third-order valence-corrected chi connectivity index (χ3v) is 3.81. The first-order valence-electron chi connectivity index (χ1n) is 8.62. The van der Waals surface area contributed by atoms with E-state index in [1.54, 1.807) is 12.1 Å². The van der Waals surface area contributed by atoms with Crippen LogP contribution < -0.4 is 0 Å². The number of Topliss-reactive ketones (excluding diaryl/α,β-unsaturated/α-hetero) is 2. The Morgan fingerprint density at radius 1 is 0.920 bits per heavy atom. The van der Waals surface area contributed by atoms with Crippen LogP contribution in [0.3, 0.4) is 0 Å². The van der Waals surface area contributed by atoms with E-state index in [0.717, 1.165) is 5.56 Å². The van der Waals surface area contributed by atoms with Crippen LogP contribution in [0.4, 0.5) is 0 Å². The molecule has 0 atom stereocenters. The van der Waals surface area contributed by atoms with E-state index in [0.29, 0.717) is 17.9 Å². The van der Waals surface area contributed by atoms with E-state index in [9.17, 15) is 14.7 Å². The summed E-state index contributed by atoms with van der Waals surface area (Å²) in [6, 6.07) is 16.8. The highest BCUT2D eigenvalue weighted by Crippen LogP contribution is 2.17. The first-order chi connectivity index (χ1) is 11.7. The molecule has 0 fully saturated rings. The Bertz CT molecular complexity index is 677. The third-order valence-electron chi connectivity index (χ3n) is 3.81. The number of rotatable bonds is 5. The summed E-state index contributed by atoms with van der Waals surface area (Å²) in [5, 5.41) is 9.57. The molecule has 0 heterocycles. The van der Waals surface area contributed by atoms with Crippen LogP contribution in [-0.2, 0) is 0 Å². The average Bonchev–Trinajstić information content (AvgIpc) is 2.61. The Morgan fingerprint density at radius 2 is 1.44 bits per heavy atom. The lowest BCUT2D eigenvalue weighted by molar-refractivity contribution is 0.0488. The molecule has 0 amide bonds. The van der Waals surface area contributed by atoms with Gasteiger partial charge in [-0.2, -0.15) is 0 Å². The third kappa shape index (κ3) is 6.63. The van der Waals surface area contributed by atoms with Crippen molar-refractivity contribution in [1.29, 1.82) is 0 Å². The van der Waals surface area contributed by atoms with Gasteiger partial charge in [0.15, 0.2) is 11.6 Å². The van der Waals surface area contributed by atoms with Gasteiger partial charge in [0.2, 0.25) is 0 Å². The van der Waals surface area contributed by atoms with E-state index >= 15 is 0 Å². The van der Waals surface area contributed by atoms with Gasteiger partial charge in [0, 0.05) is 17.5 Å². The molecule has 0 unspecified atom stereocenters. The number of aliphatic hydroxyl groups is 1. The first kappa shape index (κ1) is 20.8. The summed E-state index contributed by atoms with van der Waals surface area (Å²) < 4.78 is 0. The van der Waals surface area contributed by atoms with Crippen molar-refractivity contribution in [3.63, 3.8) is 0 Å². The van der Waals surface area contributed by atoms with Gasteiger partial charge in [0.25, 0.3) is 0 Å². The summed E-state index contributed by atoms with van der Waals surface area (Å²) in [6.07, 6.45) is 0.587. The minimum Gasteiger partial charge on any atom is -0.382 e. The van der Waals surface area contributed by atoms with Crippen LogP contribution in [0.25, 0.3) is 0 Å². The van der Waals surface area contributed by atoms with Crippen LogP contribution in [0.1, 0.15) is 73.2 Å². The molecule has 0 radical (unpaired) electrons. The second-order valence-corrected chi connectivity index (χ2v) is 6.81. The SMILES string of the molecule is CC(C)c1ccc(C(=O)C(C)(C)O)cc1.CCC(=O)c1ccccc1. The van der Waals surface area contributed by atoms with Crippen molar-refractivity contribution >= 4 is 11.6 Å². The molecule has 0 saturated carbocycles. The summed E-state index contributed by atoms with van der Waals surface area (Å²) in [5.74, 6) is 0.426. The van der Waals surface area contributed by atoms with Crippen molar-refractivity contribution in [2.24, 2.45) is 0 Å². The van der Waals surface area contributed by atoms with E-state index < -0.39 is 5.60 Å². The molecular weight excluding hydrogens is 312 g/mol. The Morgan fingerprint density at radius 3 is 1.84 bits per heavy atom. The lowest BCUT2D eigenvalue weighted by Crippen LogP contribution is -2.31. The van der Waals surface area contributed by atoms with Crippen molar-refractivity contribution in [2.45, 2.75) is 52.6 Å². The van der Waals surface area contributed by atoms with Gasteiger partial charge in [0.1, 0.15) is 5.60 Å². The summed E-state index contributed by atoms with van der Waals surface area (Å²) in [6.45, 7) is 9.09. The number of hydrogen-bond acceptors (Lipinski definition) is 3. The van der Waals surface area contributed by atoms with E-state index in [1.165, 1.54) is 19.4 Å². The van der Waals surface area contributed by atoms with Crippen molar-refractivity contribution < 1.29 is 14.7 Å². The van der Waals surface area contributed by atoms with Gasteiger partial charge < -0.3 is 5.11 Å². The molecule has 1 N–H and O–H groups in total. The van der Waals surface area contributed by atoms with Gasteiger partial charge in [-0.05, 0) is 25.3 Å². The summed E-state index contributed by atoms with van der Waals surface area (Å²) in [4.78, 5) is 22.7. The van der Waals surface area contributed by atoms with Gasteiger partial charge in [-0.25, -0.2) is 0 Å². The van der Waals surface area contributed by atoms with Gasteiger partial charge >= 0.3 is 0 Å². The molecule has 0 aliphatic rings. The quantitative estimate of drug-likeness (QED) is 0.776. The van der Waals surface area contributed by atoms with E-state index in [1.807, 2.05) is 49.4 Å². The minimum atomic E-state index is -1.29. The smallest absolute Gasteiger partial charge is 0.193 e. The Kier molecular flexibility index (Phi) is 7.72. The molecule has 3 nitrogen and oxygen atoms in total. The zero-order valence-corrected chi connectivity index (χ0v) is 15.7. The molecule has 0 aromatic heterocycles. The molecule has 0 saturated heterocycles. The van der Waals surface area contributed by atoms with E-state index in [-0.39, 0.29) is 11.6 Å². The van der Waals surface area contributed by atoms with Crippen molar-refractivity contribution in [3.8, 4) is 0 Å². The molecule has 3 heteroatoms. The molecule has 0 bridgehead atoms. The highest BCUT2D eigenvalue weighted by molar-refractivity contribution is 6.01. The summed E-state index contributed by atoms with van der Waals surface area (Å²) >= 11 is 0. The van der Waals surface area contributed by atoms with Crippen molar-refractivity contribution in [1.82, 2.24) is 0 Å². The molecule has 0 aliphatic carbocycles. The van der Waals surface area contributed by atoms with Gasteiger partial charge in [-0.1, -0.05) is 75.4 Å². The normalized spacial score (nSPS) is 10.8. The van der Waals surface area contributed by atoms with Gasteiger partial charge in [-0.3, -0.25) is 9.59 Å². The maximum Gasteiger partial charge on any atom is 0.193 e. The fraction of sp³-hybridized carbons (Fsp3) is 0.364. The summed E-state index contributed by atoms with van der Waals surface area (Å²) in [7, 11) is 0. The lowest BCUT2D eigenvalue weighted by Gasteiger charge is -2.15. The first-order valence-corrected chi connectivity index (χ1v) is 8.62. The van der Waals surface area contributed by atoms with Crippen molar-refractivity contribution in [2.75, 3.05) is 0 Å². The molecule has 2 aromatic rings. The summed E-state index contributed by atoms with van der Waals surface area (Å²) in [5.41, 5.74) is 1.28. The highest BCUT2D eigenvalue weighted by Gasteiger charge is 2.24. The van der Waals surface area contributed by atoms with Crippen LogP contribution in [0, 0.1) is 0 Å². The van der Waals surface area contributed by atoms with Crippen LogP contribution in [-0.4, -0.2) is 22.3 Å². The average molecular weight is 340 g/mol. The minimum absolute atomic E-state index is 0.209. The standard InChI is InChI=1S/C13H18O2.C9H10O/c1-9(2)10-5-7-11(8-6-10)12(14)13(3,4)15;1-2-9(10)8-6-4-3-5-7-8/h5-9,15H,1-4H3;3-7H,2H2,1H3. The monoisotopic (exact) mass is 340 g/mol. The molecule has 0 aliphatic heterocycles. The molecule has 0 spiro atoms. The molecule has 2 aromatic carbocycles. The molecule has 25 heavy (non-hydrogen) atoms. The fourth-order valence-electron chi connectivity index (χ4n) is 2.20. The Balaban J connectivity index is 0.000000271. The number of ketones is 2. The fourth-order valence-corrected chi connectivity index (χ4v) is 2.20. The predicted molar refractivity (Wildman–Crippen MR) is 102 cm³/mol. The number of benzene rings is 2. The van der Waals surface area contributed by atoms with Crippen LogP contribution in [0.15, 0.2) is 54.6 Å². The van der Waals surface area contributed by atoms with E-state index in [4.69, 9.17) is 0 Å². The molecule has 2 rings (SSSR count). The molecular formula is C22H28O3. The number of carbonyl (C=O) groups excluding carboxylic acids is 2. The van der Waals surface area contributed by atoms with Crippen molar-refractivity contribution in [3.05, 3.63) is 71.3 Å². The Hall–Kier alpha value is -2.26. The predicted octanol–water partition coefficient (Wildman–Crippen LogP) is 5.04. The number of hydrogen-bond donors (Lipinski definition) is 1. The topological polar surface area (TPSA) is 54.4 Å². The van der Waals surface area contributed by atoms with E-state index in [2.05, 4.69) is 13.8 Å². The van der Waals surface area contributed by atoms with Gasteiger partial charge in [0.05, 0.1) is 0 Å². The second kappa shape index (κ2) is 9.28. The van der Waals surface area contributed by atoms with Crippen LogP contribution in [0.5, 0.6) is 0 Å². The lowest BCUT2D eigenvalue weighted by atomic mass is 9.94. The maximum atomic E-state index is 11.7. The van der Waals surface area contributed by atoms with Crippen LogP contribution in [0.2, 0.25) is 0 Å². The zero-order chi connectivity index (χ0) is 19.0. The second-order valence-electron chi connectivity index (χ2n) is 6.81. The highest BCUT2D eigenvalue weighted by atomic mass is 16.3. The van der Waals surface area contributed by atoms with Crippen LogP contribution >= 0.6 is 0 Å². The Labute approximate surface area is 150 Å². The maximum absolute atomic E-state index is 11.7. The zero-order valence-electron chi connectivity index (χ0n) is 15.7.